The van der Waals surface area contributed by atoms with Gasteiger partial charge in [0.1, 0.15) is 0 Å². The zero-order valence-corrected chi connectivity index (χ0v) is 11.4. The second-order valence-electron chi connectivity index (χ2n) is 5.18. The van der Waals surface area contributed by atoms with Crippen LogP contribution in [0.25, 0.3) is 0 Å². The normalized spacial score (nSPS) is 26.9. The van der Waals surface area contributed by atoms with Gasteiger partial charge in [-0.1, -0.05) is 19.1 Å². The SMILES string of the molecule is CC1CC(=O)N(C2CCN(CC(N)=S)CC2)C1=O. The van der Waals surface area contributed by atoms with Gasteiger partial charge in [0.05, 0.1) is 4.99 Å². The van der Waals surface area contributed by atoms with Gasteiger partial charge in [0.2, 0.25) is 11.8 Å². The van der Waals surface area contributed by atoms with Crippen molar-refractivity contribution in [3.05, 3.63) is 0 Å². The summed E-state index contributed by atoms with van der Waals surface area (Å²) in [5.41, 5.74) is 5.51. The minimum absolute atomic E-state index is 0.00667. The zero-order chi connectivity index (χ0) is 13.3. The molecule has 0 aromatic carbocycles. The summed E-state index contributed by atoms with van der Waals surface area (Å²) >= 11 is 4.88. The highest BCUT2D eigenvalue weighted by atomic mass is 32.1. The Labute approximate surface area is 112 Å². The van der Waals surface area contributed by atoms with Crippen LogP contribution in [-0.4, -0.2) is 52.3 Å². The lowest BCUT2D eigenvalue weighted by molar-refractivity contribution is -0.143. The molecule has 2 aliphatic heterocycles. The van der Waals surface area contributed by atoms with Gasteiger partial charge in [-0.3, -0.25) is 19.4 Å². The van der Waals surface area contributed by atoms with Gasteiger partial charge >= 0.3 is 0 Å². The molecule has 1 atom stereocenters. The third-order valence-electron chi connectivity index (χ3n) is 3.71. The third-order valence-corrected chi connectivity index (χ3v) is 3.84. The molecule has 6 heteroatoms. The van der Waals surface area contributed by atoms with Gasteiger partial charge < -0.3 is 5.73 Å². The predicted molar refractivity (Wildman–Crippen MR) is 71.9 cm³/mol. The highest BCUT2D eigenvalue weighted by Crippen LogP contribution is 2.26. The van der Waals surface area contributed by atoms with Crippen LogP contribution in [0.4, 0.5) is 0 Å². The van der Waals surface area contributed by atoms with E-state index in [1.807, 2.05) is 6.92 Å². The zero-order valence-electron chi connectivity index (χ0n) is 10.6. The molecule has 100 valence electrons. The molecule has 0 aliphatic carbocycles. The van der Waals surface area contributed by atoms with Gasteiger partial charge in [0.25, 0.3) is 0 Å². The summed E-state index contributed by atoms with van der Waals surface area (Å²) in [6.45, 7) is 4.13. The minimum Gasteiger partial charge on any atom is -0.392 e. The van der Waals surface area contributed by atoms with Gasteiger partial charge in [-0.25, -0.2) is 0 Å². The summed E-state index contributed by atoms with van der Waals surface area (Å²) in [5, 5.41) is 0. The van der Waals surface area contributed by atoms with Crippen molar-refractivity contribution in [2.75, 3.05) is 19.6 Å². The number of carbonyl (C=O) groups excluding carboxylic acids is 2. The van der Waals surface area contributed by atoms with Crippen molar-refractivity contribution in [2.24, 2.45) is 11.7 Å². The quantitative estimate of drug-likeness (QED) is 0.583. The standard InChI is InChI=1S/C12H19N3O2S/c1-8-6-11(16)15(12(8)17)9-2-4-14(5-3-9)7-10(13)18/h8-9H,2-7H2,1H3,(H2,13,18). The molecule has 2 amide bonds. The molecular weight excluding hydrogens is 250 g/mol. The number of hydrogen-bond acceptors (Lipinski definition) is 4. The highest BCUT2D eigenvalue weighted by molar-refractivity contribution is 7.80. The molecule has 2 heterocycles. The fourth-order valence-corrected chi connectivity index (χ4v) is 2.93. The number of hydrogen-bond donors (Lipinski definition) is 1. The Hall–Kier alpha value is -1.01. The van der Waals surface area contributed by atoms with Crippen molar-refractivity contribution in [1.82, 2.24) is 9.80 Å². The van der Waals surface area contributed by atoms with Crippen LogP contribution in [0.5, 0.6) is 0 Å². The van der Waals surface area contributed by atoms with E-state index < -0.39 is 0 Å². The number of imide groups is 1. The lowest BCUT2D eigenvalue weighted by atomic mass is 10.0. The third kappa shape index (κ3) is 2.70. The van der Waals surface area contributed by atoms with Gasteiger partial charge in [-0.05, 0) is 12.8 Å². The van der Waals surface area contributed by atoms with E-state index in [-0.39, 0.29) is 23.8 Å². The summed E-state index contributed by atoms with van der Waals surface area (Å²) in [6, 6.07) is 0.0672. The monoisotopic (exact) mass is 269 g/mol. The van der Waals surface area contributed by atoms with E-state index in [1.165, 1.54) is 4.90 Å². The summed E-state index contributed by atoms with van der Waals surface area (Å²) in [4.78, 5) is 27.9. The lowest BCUT2D eigenvalue weighted by Gasteiger charge is -2.35. The van der Waals surface area contributed by atoms with Crippen molar-refractivity contribution < 1.29 is 9.59 Å². The molecule has 0 radical (unpaired) electrons. The van der Waals surface area contributed by atoms with Crippen LogP contribution in [0.2, 0.25) is 0 Å². The summed E-state index contributed by atoms with van der Waals surface area (Å²) in [6.07, 6.45) is 2.02. The molecule has 0 bridgehead atoms. The predicted octanol–water partition coefficient (Wildman–Crippen LogP) is 0.132. The van der Waals surface area contributed by atoms with E-state index in [0.29, 0.717) is 18.0 Å². The molecular formula is C12H19N3O2S. The maximum atomic E-state index is 11.9. The first-order valence-electron chi connectivity index (χ1n) is 6.35. The number of rotatable bonds is 3. The smallest absolute Gasteiger partial charge is 0.232 e. The number of nitrogens with two attached hydrogens (primary N) is 1. The summed E-state index contributed by atoms with van der Waals surface area (Å²) in [7, 11) is 0. The van der Waals surface area contributed by atoms with Crippen molar-refractivity contribution in [1.29, 1.82) is 0 Å². The van der Waals surface area contributed by atoms with Crippen LogP contribution < -0.4 is 5.73 Å². The molecule has 2 fully saturated rings. The number of carbonyl (C=O) groups is 2. The van der Waals surface area contributed by atoms with Crippen LogP contribution in [-0.2, 0) is 9.59 Å². The average Bonchev–Trinajstić information content (AvgIpc) is 2.54. The van der Waals surface area contributed by atoms with E-state index in [2.05, 4.69) is 4.90 Å². The first kappa shape index (κ1) is 13.4. The molecule has 2 saturated heterocycles. The Morgan fingerprint density at radius 1 is 1.39 bits per heavy atom. The molecule has 0 aromatic rings. The van der Waals surface area contributed by atoms with Crippen LogP contribution in [0, 0.1) is 5.92 Å². The maximum absolute atomic E-state index is 11.9. The first-order valence-corrected chi connectivity index (χ1v) is 6.76. The van der Waals surface area contributed by atoms with Crippen LogP contribution in [0.3, 0.4) is 0 Å². The molecule has 0 spiro atoms. The highest BCUT2D eigenvalue weighted by Gasteiger charge is 2.40. The average molecular weight is 269 g/mol. The second-order valence-corrected chi connectivity index (χ2v) is 5.71. The summed E-state index contributed by atoms with van der Waals surface area (Å²) < 4.78 is 0. The maximum Gasteiger partial charge on any atom is 0.232 e. The molecule has 0 saturated carbocycles. The Bertz CT molecular complexity index is 378. The number of amides is 2. The number of likely N-dealkylation sites (tertiary alicyclic amines) is 2. The van der Waals surface area contributed by atoms with E-state index in [9.17, 15) is 9.59 Å². The van der Waals surface area contributed by atoms with Crippen molar-refractivity contribution in [3.8, 4) is 0 Å². The van der Waals surface area contributed by atoms with Crippen molar-refractivity contribution in [3.63, 3.8) is 0 Å². The van der Waals surface area contributed by atoms with Gasteiger partial charge in [-0.2, -0.15) is 0 Å². The fourth-order valence-electron chi connectivity index (χ4n) is 2.75. The van der Waals surface area contributed by atoms with Crippen molar-refractivity contribution >= 4 is 29.0 Å². The van der Waals surface area contributed by atoms with Gasteiger partial charge in [0, 0.05) is 38.0 Å². The minimum atomic E-state index is -0.146. The first-order chi connectivity index (χ1) is 8.49. The van der Waals surface area contributed by atoms with Crippen LogP contribution in [0.1, 0.15) is 26.2 Å². The molecule has 2 N–H and O–H groups in total. The van der Waals surface area contributed by atoms with E-state index in [1.54, 1.807) is 0 Å². The molecule has 0 aromatic heterocycles. The van der Waals surface area contributed by atoms with Crippen molar-refractivity contribution in [2.45, 2.75) is 32.2 Å². The largest absolute Gasteiger partial charge is 0.392 e. The van der Waals surface area contributed by atoms with E-state index in [4.69, 9.17) is 18.0 Å². The number of thiocarbonyl (C=S) groups is 1. The molecule has 1 unspecified atom stereocenters. The summed E-state index contributed by atoms with van der Waals surface area (Å²) in [5.74, 6) is -0.166. The number of nitrogens with zero attached hydrogens (tertiary/aromatic N) is 2. The van der Waals surface area contributed by atoms with Gasteiger partial charge in [0.15, 0.2) is 0 Å². The molecule has 2 rings (SSSR count). The van der Waals surface area contributed by atoms with Crippen LogP contribution >= 0.6 is 12.2 Å². The van der Waals surface area contributed by atoms with Gasteiger partial charge in [-0.15, -0.1) is 0 Å². The lowest BCUT2D eigenvalue weighted by Crippen LogP contribution is -2.48. The fraction of sp³-hybridized carbons (Fsp3) is 0.750. The second kappa shape index (κ2) is 5.32. The molecule has 18 heavy (non-hydrogen) atoms. The Balaban J connectivity index is 1.92. The molecule has 2 aliphatic rings. The Morgan fingerprint density at radius 2 is 2.00 bits per heavy atom. The molecule has 5 nitrogen and oxygen atoms in total. The Kier molecular flexibility index (Phi) is 3.97. The number of piperidine rings is 1. The van der Waals surface area contributed by atoms with E-state index >= 15 is 0 Å². The Morgan fingerprint density at radius 3 is 2.44 bits per heavy atom. The topological polar surface area (TPSA) is 66.6 Å². The van der Waals surface area contributed by atoms with E-state index in [0.717, 1.165) is 25.9 Å². The van der Waals surface area contributed by atoms with Crippen LogP contribution in [0.15, 0.2) is 0 Å².